The minimum absolute atomic E-state index is 0.485. The van der Waals surface area contributed by atoms with E-state index in [-0.39, 0.29) is 0 Å². The fourth-order valence-electron chi connectivity index (χ4n) is 1.24. The summed E-state index contributed by atoms with van der Waals surface area (Å²) in [6, 6.07) is 0. The van der Waals surface area contributed by atoms with Crippen molar-refractivity contribution < 1.29 is 0 Å². The quantitative estimate of drug-likeness (QED) is 0.773. The fraction of sp³-hybridized carbons (Fsp3) is 0.700. The Balaban J connectivity index is 2.72. The highest BCUT2D eigenvalue weighted by Gasteiger charge is 2.13. The second kappa shape index (κ2) is 6.16. The first kappa shape index (κ1) is 13.4. The minimum Gasteiger partial charge on any atom is -0.270 e. The molecule has 86 valence electrons. The van der Waals surface area contributed by atoms with E-state index in [1.807, 2.05) is 23.5 Å². The average molecular weight is 312 g/mol. The van der Waals surface area contributed by atoms with Gasteiger partial charge >= 0.3 is 0 Å². The normalized spacial score (nSPS) is 13.1. The number of hydrogen-bond acceptors (Lipinski definition) is 2. The summed E-state index contributed by atoms with van der Waals surface area (Å²) in [6.07, 6.45) is 0.962. The number of aromatic nitrogens is 2. The molecule has 0 fully saturated rings. The predicted molar refractivity (Wildman–Crippen MR) is 71.8 cm³/mol. The number of halogens is 2. The van der Waals surface area contributed by atoms with Crippen LogP contribution in [0.5, 0.6) is 0 Å². The molecule has 0 N–H and O–H groups in total. The van der Waals surface area contributed by atoms with E-state index in [1.54, 1.807) is 0 Å². The second-order valence-corrected chi connectivity index (χ2v) is 5.99. The van der Waals surface area contributed by atoms with E-state index < -0.39 is 0 Å². The lowest BCUT2D eigenvalue weighted by Crippen LogP contribution is -2.02. The zero-order valence-electron chi connectivity index (χ0n) is 9.26. The van der Waals surface area contributed by atoms with Gasteiger partial charge in [-0.05, 0) is 22.4 Å². The van der Waals surface area contributed by atoms with Crippen molar-refractivity contribution in [2.45, 2.75) is 31.3 Å². The lowest BCUT2D eigenvalue weighted by atomic mass is 10.3. The van der Waals surface area contributed by atoms with Crippen LogP contribution in [0, 0.1) is 0 Å². The molecular formula is C10H16BrClN2S. The van der Waals surface area contributed by atoms with Gasteiger partial charge < -0.3 is 0 Å². The Bertz CT molecular complexity index is 327. The van der Waals surface area contributed by atoms with Crippen LogP contribution in [0.15, 0.2) is 4.47 Å². The minimum atomic E-state index is 0.485. The van der Waals surface area contributed by atoms with Crippen molar-refractivity contribution >= 4 is 39.3 Å². The van der Waals surface area contributed by atoms with Gasteiger partial charge in [0.15, 0.2) is 0 Å². The van der Waals surface area contributed by atoms with Gasteiger partial charge in [-0.1, -0.05) is 13.8 Å². The molecule has 0 radical (unpaired) electrons. The third-order valence-electron chi connectivity index (χ3n) is 2.22. The summed E-state index contributed by atoms with van der Waals surface area (Å²) in [6.45, 7) is 4.26. The lowest BCUT2D eigenvalue weighted by Gasteiger charge is -2.07. The van der Waals surface area contributed by atoms with Crippen LogP contribution in [0.2, 0.25) is 0 Å². The molecule has 1 aromatic rings. The second-order valence-electron chi connectivity index (χ2n) is 3.46. The molecular weight excluding hydrogens is 296 g/mol. The summed E-state index contributed by atoms with van der Waals surface area (Å²) >= 11 is 11.2. The molecule has 0 aliphatic carbocycles. The summed E-state index contributed by atoms with van der Waals surface area (Å²) in [7, 11) is 1.99. The molecule has 1 unspecified atom stereocenters. The molecule has 1 rings (SSSR count). The fourth-order valence-corrected chi connectivity index (χ4v) is 3.31. The predicted octanol–water partition coefficient (Wildman–Crippen LogP) is 3.61. The number of alkyl halides is 1. The van der Waals surface area contributed by atoms with Gasteiger partial charge in [-0.15, -0.1) is 11.6 Å². The number of thioether (sulfide) groups is 1. The highest BCUT2D eigenvalue weighted by atomic mass is 79.9. The molecule has 1 aromatic heterocycles. The molecule has 0 saturated heterocycles. The SMILES string of the molecule is CCc1nn(C)c(CSC(C)CCl)c1Br. The summed E-state index contributed by atoms with van der Waals surface area (Å²) in [5.74, 6) is 1.65. The molecule has 0 saturated carbocycles. The number of rotatable bonds is 5. The molecule has 15 heavy (non-hydrogen) atoms. The Morgan fingerprint density at radius 3 is 2.73 bits per heavy atom. The molecule has 0 aliphatic rings. The molecule has 0 aromatic carbocycles. The first-order valence-corrected chi connectivity index (χ1v) is 7.35. The van der Waals surface area contributed by atoms with E-state index in [2.05, 4.69) is 34.9 Å². The smallest absolute Gasteiger partial charge is 0.0767 e. The van der Waals surface area contributed by atoms with Crippen LogP contribution in [0.4, 0.5) is 0 Å². The third-order valence-corrected chi connectivity index (χ3v) is 4.96. The van der Waals surface area contributed by atoms with Gasteiger partial charge in [0.05, 0.1) is 15.9 Å². The highest BCUT2D eigenvalue weighted by molar-refractivity contribution is 9.10. The van der Waals surface area contributed by atoms with Gasteiger partial charge in [-0.3, -0.25) is 4.68 Å². The van der Waals surface area contributed by atoms with Crippen molar-refractivity contribution in [3.63, 3.8) is 0 Å². The number of aryl methyl sites for hydroxylation is 2. The molecule has 0 bridgehead atoms. The van der Waals surface area contributed by atoms with Gasteiger partial charge in [0.1, 0.15) is 0 Å². The first-order valence-electron chi connectivity index (χ1n) is 4.97. The molecule has 5 heteroatoms. The Kier molecular flexibility index (Phi) is 5.50. The average Bonchev–Trinajstić information content (AvgIpc) is 2.51. The van der Waals surface area contributed by atoms with E-state index in [0.717, 1.165) is 22.3 Å². The van der Waals surface area contributed by atoms with Gasteiger partial charge in [-0.25, -0.2) is 0 Å². The zero-order chi connectivity index (χ0) is 11.4. The van der Waals surface area contributed by atoms with Gasteiger partial charge in [0, 0.05) is 23.9 Å². The Labute approximate surface area is 109 Å². The maximum absolute atomic E-state index is 5.78. The van der Waals surface area contributed by atoms with Crippen LogP contribution in [0.1, 0.15) is 25.2 Å². The Morgan fingerprint density at radius 1 is 1.60 bits per heavy atom. The summed E-state index contributed by atoms with van der Waals surface area (Å²) in [5, 5.41) is 4.94. The van der Waals surface area contributed by atoms with E-state index in [0.29, 0.717) is 11.1 Å². The zero-order valence-corrected chi connectivity index (χ0v) is 12.4. The van der Waals surface area contributed by atoms with Crippen LogP contribution in [-0.2, 0) is 19.2 Å². The topological polar surface area (TPSA) is 17.8 Å². The highest BCUT2D eigenvalue weighted by Crippen LogP contribution is 2.27. The first-order chi connectivity index (χ1) is 7.10. The summed E-state index contributed by atoms with van der Waals surface area (Å²) in [5.41, 5.74) is 2.38. The van der Waals surface area contributed by atoms with Crippen LogP contribution < -0.4 is 0 Å². The Hall–Kier alpha value is 0.330. The van der Waals surface area contributed by atoms with Gasteiger partial charge in [-0.2, -0.15) is 16.9 Å². The molecule has 0 amide bonds. The third kappa shape index (κ3) is 3.40. The van der Waals surface area contributed by atoms with Crippen LogP contribution in [0.3, 0.4) is 0 Å². The molecule has 1 atom stereocenters. The molecule has 1 heterocycles. The largest absolute Gasteiger partial charge is 0.270 e. The number of nitrogens with zero attached hydrogens (tertiary/aromatic N) is 2. The van der Waals surface area contributed by atoms with Crippen molar-refractivity contribution in [2.24, 2.45) is 7.05 Å². The lowest BCUT2D eigenvalue weighted by molar-refractivity contribution is 0.719. The van der Waals surface area contributed by atoms with Gasteiger partial charge in [0.2, 0.25) is 0 Å². The van der Waals surface area contributed by atoms with Gasteiger partial charge in [0.25, 0.3) is 0 Å². The van der Waals surface area contributed by atoms with Crippen molar-refractivity contribution in [3.05, 3.63) is 15.9 Å². The summed E-state index contributed by atoms with van der Waals surface area (Å²) in [4.78, 5) is 0. The van der Waals surface area contributed by atoms with E-state index in [9.17, 15) is 0 Å². The maximum atomic E-state index is 5.78. The molecule has 0 spiro atoms. The standard InChI is InChI=1S/C10H16BrClN2S/c1-4-8-10(11)9(14(3)13-8)6-15-7(2)5-12/h7H,4-6H2,1-3H3. The molecule has 2 nitrogen and oxygen atoms in total. The summed E-state index contributed by atoms with van der Waals surface area (Å²) < 4.78 is 3.11. The van der Waals surface area contributed by atoms with Crippen LogP contribution >= 0.6 is 39.3 Å². The van der Waals surface area contributed by atoms with Crippen molar-refractivity contribution in [1.29, 1.82) is 0 Å². The van der Waals surface area contributed by atoms with E-state index in [1.165, 1.54) is 5.69 Å². The number of hydrogen-bond donors (Lipinski definition) is 0. The maximum Gasteiger partial charge on any atom is 0.0767 e. The van der Waals surface area contributed by atoms with E-state index in [4.69, 9.17) is 11.6 Å². The van der Waals surface area contributed by atoms with Crippen molar-refractivity contribution in [3.8, 4) is 0 Å². The Morgan fingerprint density at radius 2 is 2.27 bits per heavy atom. The molecule has 0 aliphatic heterocycles. The monoisotopic (exact) mass is 310 g/mol. The van der Waals surface area contributed by atoms with E-state index >= 15 is 0 Å². The van der Waals surface area contributed by atoms with Crippen molar-refractivity contribution in [1.82, 2.24) is 9.78 Å². The van der Waals surface area contributed by atoms with Crippen molar-refractivity contribution in [2.75, 3.05) is 5.88 Å². The van der Waals surface area contributed by atoms with Crippen LogP contribution in [0.25, 0.3) is 0 Å². The van der Waals surface area contributed by atoms with Crippen LogP contribution in [-0.4, -0.2) is 20.9 Å².